The Morgan fingerprint density at radius 2 is 2.07 bits per heavy atom. The second-order valence-electron chi connectivity index (χ2n) is 3.65. The monoisotopic (exact) mass is 214 g/mol. The molecule has 0 rings (SSSR count). The van der Waals surface area contributed by atoms with E-state index in [1.54, 1.807) is 7.11 Å². The number of nitriles is 1. The number of methoxy groups -OCH3 is 1. The highest BCUT2D eigenvalue weighted by Gasteiger charge is 2.07. The molecule has 0 saturated carbocycles. The Bertz CT molecular complexity index is 180. The highest BCUT2D eigenvalue weighted by molar-refractivity contribution is 4.78. The summed E-state index contributed by atoms with van der Waals surface area (Å²) in [5.74, 6) is 0. The molecule has 4 nitrogen and oxygen atoms in total. The van der Waals surface area contributed by atoms with Crippen LogP contribution >= 0.6 is 0 Å². The molecule has 0 aromatic carbocycles. The van der Waals surface area contributed by atoms with E-state index in [1.165, 1.54) is 0 Å². The van der Waals surface area contributed by atoms with Gasteiger partial charge < -0.3 is 14.4 Å². The van der Waals surface area contributed by atoms with Gasteiger partial charge in [-0.25, -0.2) is 0 Å². The van der Waals surface area contributed by atoms with Gasteiger partial charge in [-0.05, 0) is 20.4 Å². The zero-order valence-electron chi connectivity index (χ0n) is 10.0. The van der Waals surface area contributed by atoms with Crippen LogP contribution in [0.3, 0.4) is 0 Å². The molecule has 15 heavy (non-hydrogen) atoms. The third-order valence-electron chi connectivity index (χ3n) is 2.36. The summed E-state index contributed by atoms with van der Waals surface area (Å²) in [6.45, 7) is 5.13. The van der Waals surface area contributed by atoms with Gasteiger partial charge in [0.25, 0.3) is 0 Å². The molecule has 0 aromatic rings. The van der Waals surface area contributed by atoms with Crippen LogP contribution in [0.4, 0.5) is 0 Å². The molecule has 0 N–H and O–H groups in total. The molecule has 0 aliphatic rings. The van der Waals surface area contributed by atoms with Crippen LogP contribution in [0.5, 0.6) is 0 Å². The largest absolute Gasteiger partial charge is 0.385 e. The molecule has 0 saturated heterocycles. The Kier molecular flexibility index (Phi) is 9.49. The second-order valence-corrected chi connectivity index (χ2v) is 3.65. The number of hydrogen-bond donors (Lipinski definition) is 0. The molecule has 0 aromatic heterocycles. The molecule has 0 fully saturated rings. The number of nitrogens with zero attached hydrogens (tertiary/aromatic N) is 2. The van der Waals surface area contributed by atoms with Crippen molar-refractivity contribution in [2.24, 2.45) is 0 Å². The summed E-state index contributed by atoms with van der Waals surface area (Å²) in [7, 11) is 3.71. The third-order valence-corrected chi connectivity index (χ3v) is 2.36. The van der Waals surface area contributed by atoms with Crippen molar-refractivity contribution in [3.8, 4) is 6.07 Å². The number of hydrogen-bond acceptors (Lipinski definition) is 4. The van der Waals surface area contributed by atoms with E-state index in [-0.39, 0.29) is 0 Å². The van der Waals surface area contributed by atoms with Crippen LogP contribution in [0.15, 0.2) is 0 Å². The molecule has 4 heteroatoms. The Morgan fingerprint density at radius 1 is 1.33 bits per heavy atom. The van der Waals surface area contributed by atoms with E-state index in [9.17, 15) is 0 Å². The Morgan fingerprint density at radius 3 is 2.67 bits per heavy atom. The molecule has 1 unspecified atom stereocenters. The molecule has 0 radical (unpaired) electrons. The minimum Gasteiger partial charge on any atom is -0.385 e. The van der Waals surface area contributed by atoms with Gasteiger partial charge in [-0.1, -0.05) is 0 Å². The van der Waals surface area contributed by atoms with Crippen molar-refractivity contribution in [2.45, 2.75) is 25.8 Å². The van der Waals surface area contributed by atoms with E-state index in [0.717, 1.165) is 32.8 Å². The van der Waals surface area contributed by atoms with Gasteiger partial charge in [0.1, 0.15) is 0 Å². The number of ether oxygens (including phenoxy) is 2. The molecule has 0 bridgehead atoms. The lowest BCUT2D eigenvalue weighted by atomic mass is 10.2. The van der Waals surface area contributed by atoms with Crippen molar-refractivity contribution in [3.63, 3.8) is 0 Å². The van der Waals surface area contributed by atoms with Crippen LogP contribution in [-0.2, 0) is 9.47 Å². The fourth-order valence-electron chi connectivity index (χ4n) is 1.12. The maximum atomic E-state index is 8.53. The van der Waals surface area contributed by atoms with Gasteiger partial charge in [0, 0.05) is 32.9 Å². The third kappa shape index (κ3) is 8.37. The normalized spacial score (nSPS) is 12.7. The minimum absolute atomic E-state index is 0.303. The van der Waals surface area contributed by atoms with E-state index < -0.39 is 0 Å². The zero-order valence-corrected chi connectivity index (χ0v) is 10.0. The summed E-state index contributed by atoms with van der Waals surface area (Å²) in [6, 6.07) is 2.47. The summed E-state index contributed by atoms with van der Waals surface area (Å²) in [5, 5.41) is 8.53. The van der Waals surface area contributed by atoms with Crippen molar-refractivity contribution >= 4 is 0 Å². The molecule has 0 aliphatic heterocycles. The minimum atomic E-state index is 0.303. The van der Waals surface area contributed by atoms with Crippen LogP contribution < -0.4 is 0 Å². The first-order valence-electron chi connectivity index (χ1n) is 5.36. The molecule has 1 atom stereocenters. The lowest BCUT2D eigenvalue weighted by Crippen LogP contribution is -2.31. The molecule has 0 spiro atoms. The summed E-state index contributed by atoms with van der Waals surface area (Å²) in [5.41, 5.74) is 0. The quantitative estimate of drug-likeness (QED) is 0.542. The Balaban J connectivity index is 3.31. The first-order valence-corrected chi connectivity index (χ1v) is 5.36. The van der Waals surface area contributed by atoms with E-state index >= 15 is 0 Å². The SMILES string of the molecule is COCCCOCCN(C)C(C)CC#N. The summed E-state index contributed by atoms with van der Waals surface area (Å²) >= 11 is 0. The summed E-state index contributed by atoms with van der Waals surface area (Å²) in [6.07, 6.45) is 1.51. The average molecular weight is 214 g/mol. The predicted octanol–water partition coefficient (Wildman–Crippen LogP) is 1.27. The molecule has 0 amide bonds. The van der Waals surface area contributed by atoms with Gasteiger partial charge in [0.05, 0.1) is 19.1 Å². The van der Waals surface area contributed by atoms with E-state index in [0.29, 0.717) is 12.5 Å². The zero-order chi connectivity index (χ0) is 11.5. The topological polar surface area (TPSA) is 45.5 Å². The van der Waals surface area contributed by atoms with Gasteiger partial charge in [0.15, 0.2) is 0 Å². The Hall–Kier alpha value is -0.630. The maximum Gasteiger partial charge on any atom is 0.0638 e. The Labute approximate surface area is 92.8 Å². The van der Waals surface area contributed by atoms with E-state index in [2.05, 4.69) is 11.0 Å². The van der Waals surface area contributed by atoms with E-state index in [1.807, 2.05) is 14.0 Å². The fraction of sp³-hybridized carbons (Fsp3) is 0.909. The lowest BCUT2D eigenvalue weighted by Gasteiger charge is -2.22. The van der Waals surface area contributed by atoms with Gasteiger partial charge in [-0.2, -0.15) is 5.26 Å². The smallest absolute Gasteiger partial charge is 0.0638 e. The highest BCUT2D eigenvalue weighted by atomic mass is 16.5. The number of rotatable bonds is 9. The first-order chi connectivity index (χ1) is 7.22. The number of likely N-dealkylation sites (N-methyl/N-ethyl adjacent to an activating group) is 1. The molecular formula is C11H22N2O2. The van der Waals surface area contributed by atoms with Gasteiger partial charge in [0.2, 0.25) is 0 Å². The van der Waals surface area contributed by atoms with Gasteiger partial charge in [-0.3, -0.25) is 0 Å². The van der Waals surface area contributed by atoms with Crippen molar-refractivity contribution in [2.75, 3.05) is 40.5 Å². The molecular weight excluding hydrogens is 192 g/mol. The standard InChI is InChI=1S/C11H22N2O2/c1-11(5-6-12)13(2)7-10-15-9-4-8-14-3/h11H,4-5,7-10H2,1-3H3. The van der Waals surface area contributed by atoms with Crippen molar-refractivity contribution < 1.29 is 9.47 Å². The van der Waals surface area contributed by atoms with Crippen LogP contribution in [0.1, 0.15) is 19.8 Å². The van der Waals surface area contributed by atoms with Gasteiger partial charge in [-0.15, -0.1) is 0 Å². The average Bonchev–Trinajstić information content (AvgIpc) is 2.23. The van der Waals surface area contributed by atoms with Crippen LogP contribution in [0.2, 0.25) is 0 Å². The highest BCUT2D eigenvalue weighted by Crippen LogP contribution is 1.99. The predicted molar refractivity (Wildman–Crippen MR) is 59.6 cm³/mol. The van der Waals surface area contributed by atoms with Crippen molar-refractivity contribution in [3.05, 3.63) is 0 Å². The van der Waals surface area contributed by atoms with Crippen molar-refractivity contribution in [1.82, 2.24) is 4.90 Å². The molecule has 0 aliphatic carbocycles. The van der Waals surface area contributed by atoms with Gasteiger partial charge >= 0.3 is 0 Å². The lowest BCUT2D eigenvalue weighted by molar-refractivity contribution is 0.0822. The fourth-order valence-corrected chi connectivity index (χ4v) is 1.12. The van der Waals surface area contributed by atoms with Crippen LogP contribution in [-0.4, -0.2) is 51.5 Å². The summed E-state index contributed by atoms with van der Waals surface area (Å²) < 4.78 is 10.3. The summed E-state index contributed by atoms with van der Waals surface area (Å²) in [4.78, 5) is 2.14. The maximum absolute atomic E-state index is 8.53. The van der Waals surface area contributed by atoms with E-state index in [4.69, 9.17) is 14.7 Å². The molecule has 0 heterocycles. The van der Waals surface area contributed by atoms with Crippen LogP contribution in [0, 0.1) is 11.3 Å². The molecule has 88 valence electrons. The first kappa shape index (κ1) is 14.4. The van der Waals surface area contributed by atoms with Crippen LogP contribution in [0.25, 0.3) is 0 Å². The van der Waals surface area contributed by atoms with Crippen molar-refractivity contribution in [1.29, 1.82) is 5.26 Å². The second kappa shape index (κ2) is 9.91.